The van der Waals surface area contributed by atoms with E-state index in [1.807, 2.05) is 29.1 Å². The topological polar surface area (TPSA) is 81.2 Å². The highest BCUT2D eigenvalue weighted by Gasteiger charge is 2.12. The molecule has 0 saturated carbocycles. The molecule has 0 amide bonds. The number of aromatic nitrogens is 3. The van der Waals surface area contributed by atoms with Crippen molar-refractivity contribution in [1.29, 1.82) is 0 Å². The van der Waals surface area contributed by atoms with E-state index in [0.29, 0.717) is 11.5 Å². The van der Waals surface area contributed by atoms with Gasteiger partial charge in [0.05, 0.1) is 10.6 Å². The zero-order valence-corrected chi connectivity index (χ0v) is 12.6. The summed E-state index contributed by atoms with van der Waals surface area (Å²) in [6.45, 7) is 0. The van der Waals surface area contributed by atoms with Crippen LogP contribution in [0, 0.1) is 0 Å². The van der Waals surface area contributed by atoms with Crippen LogP contribution in [0.4, 0.5) is 0 Å². The zero-order chi connectivity index (χ0) is 14.8. The van der Waals surface area contributed by atoms with Gasteiger partial charge in [-0.05, 0) is 11.4 Å². The number of thiophene rings is 1. The quantitative estimate of drug-likeness (QED) is 0.744. The molecule has 0 aliphatic heterocycles. The van der Waals surface area contributed by atoms with E-state index in [2.05, 4.69) is 10.2 Å². The van der Waals surface area contributed by atoms with Crippen molar-refractivity contribution in [3.8, 4) is 16.5 Å². The van der Waals surface area contributed by atoms with Crippen molar-refractivity contribution in [3.63, 3.8) is 0 Å². The minimum absolute atomic E-state index is 0.387. The first-order valence-electron chi connectivity index (χ1n) is 6.02. The highest BCUT2D eigenvalue weighted by atomic mass is 32.2. The summed E-state index contributed by atoms with van der Waals surface area (Å²) in [5, 5.41) is 20.2. The summed E-state index contributed by atoms with van der Waals surface area (Å²) in [4.78, 5) is 12.4. The highest BCUT2D eigenvalue weighted by molar-refractivity contribution is 7.98. The number of nitrogens with zero attached hydrogens (tertiary/aromatic N) is 3. The van der Waals surface area contributed by atoms with Crippen LogP contribution in [0.2, 0.25) is 0 Å². The molecule has 0 atom stereocenters. The third-order valence-electron chi connectivity index (χ3n) is 2.79. The summed E-state index contributed by atoms with van der Waals surface area (Å²) in [6.07, 6.45) is 1.05. The van der Waals surface area contributed by atoms with Crippen LogP contribution < -0.4 is 5.43 Å². The molecule has 0 spiro atoms. The van der Waals surface area contributed by atoms with E-state index in [1.165, 1.54) is 17.8 Å². The van der Waals surface area contributed by atoms with Crippen LogP contribution in [0.25, 0.3) is 10.7 Å². The molecule has 108 valence electrons. The Hall–Kier alpha value is -2.06. The maximum Gasteiger partial charge on any atom is 0.226 e. The predicted octanol–water partition coefficient (Wildman–Crippen LogP) is 2.49. The number of aromatic hydroxyl groups is 1. The standard InChI is InChI=1S/C13H11N3O3S2/c1-16-12(11-3-2-4-20-11)14-15-13(16)21-7-8-5-9(17)10(18)6-19-8/h2-6,18H,7H2,1H3. The summed E-state index contributed by atoms with van der Waals surface area (Å²) >= 11 is 3.01. The second-order valence-corrected chi connectivity index (χ2v) is 6.12. The monoisotopic (exact) mass is 321 g/mol. The van der Waals surface area contributed by atoms with Gasteiger partial charge in [-0.2, -0.15) is 0 Å². The molecule has 3 rings (SSSR count). The Balaban J connectivity index is 1.77. The van der Waals surface area contributed by atoms with Crippen LogP contribution >= 0.6 is 23.1 Å². The van der Waals surface area contributed by atoms with Gasteiger partial charge in [0, 0.05) is 13.1 Å². The van der Waals surface area contributed by atoms with Gasteiger partial charge in [0.2, 0.25) is 5.43 Å². The fourth-order valence-corrected chi connectivity index (χ4v) is 3.26. The van der Waals surface area contributed by atoms with Crippen LogP contribution in [-0.2, 0) is 12.8 Å². The molecular formula is C13H11N3O3S2. The molecule has 1 N–H and O–H groups in total. The highest BCUT2D eigenvalue weighted by Crippen LogP contribution is 2.27. The lowest BCUT2D eigenvalue weighted by Crippen LogP contribution is -1.99. The van der Waals surface area contributed by atoms with E-state index in [-0.39, 0.29) is 5.75 Å². The van der Waals surface area contributed by atoms with Gasteiger partial charge in [-0.15, -0.1) is 21.5 Å². The summed E-state index contributed by atoms with van der Waals surface area (Å²) in [5.74, 6) is 1.33. The average molecular weight is 321 g/mol. The number of rotatable bonds is 4. The third kappa shape index (κ3) is 2.86. The van der Waals surface area contributed by atoms with Crippen LogP contribution in [0.15, 0.2) is 44.2 Å². The number of hydrogen-bond acceptors (Lipinski definition) is 7. The summed E-state index contributed by atoms with van der Waals surface area (Å²) in [5.41, 5.74) is -0.450. The molecule has 3 aromatic heterocycles. The molecule has 0 aliphatic rings. The van der Waals surface area contributed by atoms with E-state index < -0.39 is 5.43 Å². The van der Waals surface area contributed by atoms with E-state index >= 15 is 0 Å². The second-order valence-electron chi connectivity index (χ2n) is 4.23. The van der Waals surface area contributed by atoms with Gasteiger partial charge in [0.15, 0.2) is 16.7 Å². The first-order chi connectivity index (χ1) is 10.1. The Kier molecular flexibility index (Phi) is 3.80. The van der Waals surface area contributed by atoms with E-state index in [1.54, 1.807) is 11.3 Å². The second kappa shape index (κ2) is 5.74. The zero-order valence-electron chi connectivity index (χ0n) is 11.0. The Morgan fingerprint density at radius 3 is 3.05 bits per heavy atom. The van der Waals surface area contributed by atoms with E-state index in [9.17, 15) is 4.79 Å². The fourth-order valence-electron chi connectivity index (χ4n) is 1.72. The normalized spacial score (nSPS) is 10.9. The van der Waals surface area contributed by atoms with Gasteiger partial charge >= 0.3 is 0 Å². The molecular weight excluding hydrogens is 310 g/mol. The first-order valence-corrected chi connectivity index (χ1v) is 7.88. The van der Waals surface area contributed by atoms with Gasteiger partial charge in [-0.25, -0.2) is 0 Å². The molecule has 0 aromatic carbocycles. The Bertz CT molecular complexity index is 808. The van der Waals surface area contributed by atoms with Crippen molar-refractivity contribution in [3.05, 3.63) is 45.8 Å². The van der Waals surface area contributed by atoms with Crippen molar-refractivity contribution >= 4 is 23.1 Å². The molecule has 6 nitrogen and oxygen atoms in total. The molecule has 3 heterocycles. The minimum atomic E-state index is -0.450. The summed E-state index contributed by atoms with van der Waals surface area (Å²) in [6, 6.07) is 5.23. The van der Waals surface area contributed by atoms with Crippen molar-refractivity contribution in [2.75, 3.05) is 0 Å². The molecule has 8 heteroatoms. The molecule has 0 unspecified atom stereocenters. The largest absolute Gasteiger partial charge is 0.502 e. The van der Waals surface area contributed by atoms with Gasteiger partial charge in [-0.1, -0.05) is 17.8 Å². The van der Waals surface area contributed by atoms with Gasteiger partial charge in [0.25, 0.3) is 0 Å². The number of hydrogen-bond donors (Lipinski definition) is 1. The van der Waals surface area contributed by atoms with Crippen molar-refractivity contribution in [2.24, 2.45) is 7.05 Å². The molecule has 3 aromatic rings. The molecule has 0 bridgehead atoms. The van der Waals surface area contributed by atoms with Crippen molar-refractivity contribution < 1.29 is 9.52 Å². The maximum atomic E-state index is 11.3. The SMILES string of the molecule is Cn1c(SCc2cc(=O)c(O)co2)nnc1-c1cccs1. The molecule has 21 heavy (non-hydrogen) atoms. The average Bonchev–Trinajstić information content (AvgIpc) is 3.10. The Labute approximate surface area is 128 Å². The lowest BCUT2D eigenvalue weighted by molar-refractivity contribution is 0.419. The summed E-state index contributed by atoms with van der Waals surface area (Å²) in [7, 11) is 1.89. The van der Waals surface area contributed by atoms with E-state index in [0.717, 1.165) is 22.1 Å². The van der Waals surface area contributed by atoms with Crippen molar-refractivity contribution in [1.82, 2.24) is 14.8 Å². The van der Waals surface area contributed by atoms with Crippen LogP contribution in [-0.4, -0.2) is 19.9 Å². The molecule has 0 aliphatic carbocycles. The van der Waals surface area contributed by atoms with Crippen LogP contribution in [0.5, 0.6) is 5.75 Å². The number of thioether (sulfide) groups is 1. The van der Waals surface area contributed by atoms with Crippen LogP contribution in [0.3, 0.4) is 0 Å². The Morgan fingerprint density at radius 1 is 1.48 bits per heavy atom. The van der Waals surface area contributed by atoms with Gasteiger partial charge < -0.3 is 14.1 Å². The third-order valence-corrected chi connectivity index (χ3v) is 4.69. The maximum absolute atomic E-state index is 11.3. The van der Waals surface area contributed by atoms with E-state index in [4.69, 9.17) is 9.52 Å². The lowest BCUT2D eigenvalue weighted by atomic mass is 10.4. The van der Waals surface area contributed by atoms with Gasteiger partial charge in [-0.3, -0.25) is 4.79 Å². The molecule has 0 radical (unpaired) electrons. The van der Waals surface area contributed by atoms with Crippen LogP contribution in [0.1, 0.15) is 5.76 Å². The summed E-state index contributed by atoms with van der Waals surface area (Å²) < 4.78 is 7.05. The first kappa shape index (κ1) is 13.9. The van der Waals surface area contributed by atoms with Crippen molar-refractivity contribution in [2.45, 2.75) is 10.9 Å². The minimum Gasteiger partial charge on any atom is -0.502 e. The van der Waals surface area contributed by atoms with Gasteiger partial charge in [0.1, 0.15) is 12.0 Å². The molecule has 0 fully saturated rings. The fraction of sp³-hybridized carbons (Fsp3) is 0.154. The predicted molar refractivity (Wildman–Crippen MR) is 80.5 cm³/mol. The Morgan fingerprint density at radius 2 is 2.33 bits per heavy atom. The smallest absolute Gasteiger partial charge is 0.226 e. The molecule has 0 saturated heterocycles. The lowest BCUT2D eigenvalue weighted by Gasteiger charge is -2.02.